The number of benzene rings is 8. The molecule has 0 unspecified atom stereocenters. The fraction of sp³-hybridized carbons (Fsp3) is 0.351. The van der Waals surface area contributed by atoms with Crippen molar-refractivity contribution < 1.29 is 8.53 Å². The Kier molecular flexibility index (Phi) is 10.6. The first kappa shape index (κ1) is 48.0. The van der Waals surface area contributed by atoms with Crippen LogP contribution in [0.15, 0.2) is 156 Å². The highest BCUT2D eigenvalue weighted by Gasteiger charge is 2.48. The molecule has 0 atom stereocenters. The van der Waals surface area contributed by atoms with Gasteiger partial charge in [0.2, 0.25) is 0 Å². The van der Waals surface area contributed by atoms with E-state index in [4.69, 9.17) is 8.53 Å². The number of furan rings is 1. The van der Waals surface area contributed by atoms with Gasteiger partial charge in [-0.3, -0.25) is 0 Å². The minimum Gasteiger partial charge on any atom is -0.456 e. The molecule has 79 heavy (non-hydrogen) atoms. The van der Waals surface area contributed by atoms with Crippen molar-refractivity contribution in [2.24, 2.45) is 0 Å². The van der Waals surface area contributed by atoms with E-state index in [9.17, 15) is 0 Å². The molecule has 0 N–H and O–H groups in total. The van der Waals surface area contributed by atoms with Gasteiger partial charge in [-0.1, -0.05) is 171 Å². The maximum Gasteiger partial charge on any atom is 0.252 e. The Balaban J connectivity index is 1.15. The van der Waals surface area contributed by atoms with E-state index in [0.29, 0.717) is 0 Å². The summed E-state index contributed by atoms with van der Waals surface area (Å²) in [6.45, 7) is 30.6. The summed E-state index contributed by atoms with van der Waals surface area (Å²) in [7, 11) is 0. The van der Waals surface area contributed by atoms with E-state index in [-0.39, 0.29) is 45.6 Å². The van der Waals surface area contributed by atoms with E-state index >= 15 is 0 Å². The first-order chi connectivity index (χ1) is 38.5. The van der Waals surface area contributed by atoms with Gasteiger partial charge < -0.3 is 19.1 Å². The molecule has 3 heterocycles. The molecule has 4 nitrogen and oxygen atoms in total. The molecule has 400 valence electrons. The third-order valence-electron chi connectivity index (χ3n) is 19.2. The number of nitrogens with zero attached hydrogens (tertiary/aromatic N) is 3. The quantitative estimate of drug-likeness (QED) is 0.155. The number of fused-ring (bicyclic) bond motifs is 9. The Morgan fingerprint density at radius 3 is 1.62 bits per heavy atom. The van der Waals surface area contributed by atoms with Crippen LogP contribution in [0.5, 0.6) is 0 Å². The van der Waals surface area contributed by atoms with Crippen LogP contribution in [-0.4, -0.2) is 6.71 Å². The normalized spacial score (nSPS) is 18.2. The molecule has 8 aromatic carbocycles. The number of hydrogen-bond acceptors (Lipinski definition) is 4. The topological polar surface area (TPSA) is 22.9 Å². The fourth-order valence-electron chi connectivity index (χ4n) is 14.2. The van der Waals surface area contributed by atoms with Crippen molar-refractivity contribution >= 4 is 96.2 Å². The summed E-state index contributed by atoms with van der Waals surface area (Å²) in [6.07, 6.45) is 4.32. The lowest BCUT2D eigenvalue weighted by Gasteiger charge is -2.48. The lowest BCUT2D eigenvalue weighted by molar-refractivity contribution is 0.332. The maximum absolute atomic E-state index is 8.92. The summed E-state index contributed by atoms with van der Waals surface area (Å²) < 4.78 is 33.5. The van der Waals surface area contributed by atoms with Crippen molar-refractivity contribution in [3.8, 4) is 0 Å². The number of para-hydroxylation sites is 1. The van der Waals surface area contributed by atoms with Gasteiger partial charge in [0.15, 0.2) is 0 Å². The van der Waals surface area contributed by atoms with Gasteiger partial charge in [0.25, 0.3) is 6.71 Å². The maximum atomic E-state index is 8.92. The van der Waals surface area contributed by atoms with Crippen LogP contribution in [0.4, 0.5) is 51.2 Å². The predicted molar refractivity (Wildman–Crippen MR) is 340 cm³/mol. The number of hydrogen-bond donors (Lipinski definition) is 0. The van der Waals surface area contributed by atoms with Crippen molar-refractivity contribution in [1.82, 2.24) is 0 Å². The van der Waals surface area contributed by atoms with Crippen molar-refractivity contribution in [1.29, 1.82) is 0 Å². The zero-order chi connectivity index (χ0) is 58.0. The highest BCUT2D eigenvalue weighted by molar-refractivity contribution is 7.00. The summed E-state index contributed by atoms with van der Waals surface area (Å²) in [5.74, 6) is 0. The van der Waals surface area contributed by atoms with E-state index in [1.165, 1.54) is 49.8 Å². The minimum atomic E-state index is -2.23. The molecule has 0 radical (unpaired) electrons. The monoisotopic (exact) mass is 1040 g/mol. The molecule has 0 saturated heterocycles. The van der Waals surface area contributed by atoms with E-state index < -0.39 is 6.85 Å². The largest absolute Gasteiger partial charge is 0.456 e. The Labute approximate surface area is 476 Å². The predicted octanol–water partition coefficient (Wildman–Crippen LogP) is 19.0. The van der Waals surface area contributed by atoms with Gasteiger partial charge in [0.1, 0.15) is 11.2 Å². The van der Waals surface area contributed by atoms with Gasteiger partial charge in [0, 0.05) is 55.0 Å². The molecule has 0 bridgehead atoms. The van der Waals surface area contributed by atoms with Crippen molar-refractivity contribution in [2.75, 3.05) is 14.7 Å². The molecule has 1 aromatic heterocycles. The zero-order valence-electron chi connectivity index (χ0n) is 52.3. The average molecular weight is 1040 g/mol. The van der Waals surface area contributed by atoms with Crippen molar-refractivity contribution in [2.45, 2.75) is 168 Å². The SMILES string of the molecule is [2H]C([2H])([2H])Cc1cc2c3c(c1)N(c1cccc4oc5ccccc5c14)c1cc(N(c4ccc(C(C)(C)C)cc4)c4ccc(C(C)(C)C)cc4)ccc1B3c1cc3c(cc1N2c1ccc2c(c1)C(C)(C)CCC2(C)C)C(C)(C)CCC3(C)C. The molecular weight excluding hydrogens is 958 g/mol. The molecule has 9 aromatic rings. The number of rotatable bonds is 6. The molecule has 0 spiro atoms. The van der Waals surface area contributed by atoms with Crippen molar-refractivity contribution in [3.63, 3.8) is 0 Å². The summed E-state index contributed by atoms with van der Waals surface area (Å²) in [4.78, 5) is 7.42. The van der Waals surface area contributed by atoms with Crippen LogP contribution in [0.3, 0.4) is 0 Å². The Hall–Kier alpha value is -6.98. The van der Waals surface area contributed by atoms with Gasteiger partial charge in [-0.15, -0.1) is 0 Å². The van der Waals surface area contributed by atoms with Crippen LogP contribution < -0.4 is 31.1 Å². The first-order valence-corrected chi connectivity index (χ1v) is 29.2. The Morgan fingerprint density at radius 2 is 1.01 bits per heavy atom. The summed E-state index contributed by atoms with van der Waals surface area (Å²) in [6, 6.07) is 57.1. The second-order valence-electron chi connectivity index (χ2n) is 28.5. The Bertz CT molecular complexity index is 4000. The van der Waals surface area contributed by atoms with Crippen LogP contribution in [0, 0.1) is 0 Å². The summed E-state index contributed by atoms with van der Waals surface area (Å²) in [5.41, 5.74) is 23.5. The van der Waals surface area contributed by atoms with Gasteiger partial charge in [-0.2, -0.15) is 0 Å². The zero-order valence-corrected chi connectivity index (χ0v) is 49.3. The Morgan fingerprint density at radius 1 is 0.481 bits per heavy atom. The van der Waals surface area contributed by atoms with Gasteiger partial charge in [-0.25, -0.2) is 0 Å². The molecule has 0 fully saturated rings. The van der Waals surface area contributed by atoms with E-state index in [1.54, 1.807) is 0 Å². The first-order valence-electron chi connectivity index (χ1n) is 30.7. The standard InChI is InChI=1S/C74H80BN3O/c1-16-46-40-63-68-64(41-46)78(60-21-19-23-66-67(60)53-20-17-18-22-65(53)79-66)61-43-52(76(49-28-24-47(25-29-49)69(2,3)4)50-30-26-48(27-31-50)70(5,6)7)33-35-58(61)75(68)59-44-56-57(74(14,15)39-38-73(56,12)13)45-62(59)77(63)51-32-34-54-55(42-51)72(10,11)37-36-71(54,8)9/h17-35,40-45H,16,36-39H2,1-15H3/i1D3. The summed E-state index contributed by atoms with van der Waals surface area (Å²) >= 11 is 0. The van der Waals surface area contributed by atoms with Crippen LogP contribution in [0.1, 0.15) is 173 Å². The molecule has 4 aliphatic rings. The van der Waals surface area contributed by atoms with Crippen LogP contribution in [0.2, 0.25) is 0 Å². The molecule has 2 aliphatic carbocycles. The smallest absolute Gasteiger partial charge is 0.252 e. The number of anilines is 9. The van der Waals surface area contributed by atoms with E-state index in [1.807, 2.05) is 6.07 Å². The van der Waals surface area contributed by atoms with Crippen LogP contribution in [-0.2, 0) is 38.9 Å². The van der Waals surface area contributed by atoms with E-state index in [2.05, 4.69) is 257 Å². The molecule has 5 heteroatoms. The second kappa shape index (κ2) is 17.5. The van der Waals surface area contributed by atoms with Gasteiger partial charge in [0.05, 0.1) is 11.1 Å². The average Bonchev–Trinajstić information content (AvgIpc) is 3.69. The molecule has 0 saturated carbocycles. The third-order valence-corrected chi connectivity index (χ3v) is 19.2. The lowest BCUT2D eigenvalue weighted by Crippen LogP contribution is -2.62. The minimum absolute atomic E-state index is 0.0174. The highest BCUT2D eigenvalue weighted by Crippen LogP contribution is 2.54. The fourth-order valence-corrected chi connectivity index (χ4v) is 14.2. The molecule has 0 amide bonds. The summed E-state index contributed by atoms with van der Waals surface area (Å²) in [5, 5.41) is 2.05. The van der Waals surface area contributed by atoms with Crippen LogP contribution >= 0.6 is 0 Å². The molecule has 2 aliphatic heterocycles. The third kappa shape index (κ3) is 8.13. The van der Waals surface area contributed by atoms with Crippen LogP contribution in [0.25, 0.3) is 21.9 Å². The molecule has 13 rings (SSSR count). The molecular formula is C74H80BN3O. The van der Waals surface area contributed by atoms with Gasteiger partial charge >= 0.3 is 0 Å². The highest BCUT2D eigenvalue weighted by atomic mass is 16.3. The number of aryl methyl sites for hydroxylation is 1. The van der Waals surface area contributed by atoms with E-state index in [0.717, 1.165) is 104 Å². The second-order valence-corrected chi connectivity index (χ2v) is 28.5. The van der Waals surface area contributed by atoms with Crippen molar-refractivity contribution in [3.05, 3.63) is 191 Å². The van der Waals surface area contributed by atoms with Gasteiger partial charge in [-0.05, 0) is 205 Å². The lowest BCUT2D eigenvalue weighted by atomic mass is 9.33.